The van der Waals surface area contributed by atoms with E-state index >= 15 is 0 Å². The number of hydrogen-bond acceptors (Lipinski definition) is 3. The molecule has 2 N–H and O–H groups in total. The van der Waals surface area contributed by atoms with Crippen molar-refractivity contribution in [2.24, 2.45) is 0 Å². The quantitative estimate of drug-likeness (QED) is 0.733. The van der Waals surface area contributed by atoms with Gasteiger partial charge in [0, 0.05) is 25.7 Å². The van der Waals surface area contributed by atoms with Gasteiger partial charge in [-0.3, -0.25) is 0 Å². The fourth-order valence-corrected chi connectivity index (χ4v) is 2.58. The van der Waals surface area contributed by atoms with E-state index < -0.39 is 0 Å². The molecule has 19 heavy (non-hydrogen) atoms. The highest BCUT2D eigenvalue weighted by Gasteiger charge is 2.17. The van der Waals surface area contributed by atoms with E-state index in [9.17, 15) is 4.79 Å². The minimum absolute atomic E-state index is 0.0218. The Morgan fingerprint density at radius 2 is 2.00 bits per heavy atom. The van der Waals surface area contributed by atoms with Crippen LogP contribution in [0.1, 0.15) is 39.5 Å². The lowest BCUT2D eigenvalue weighted by molar-refractivity contribution is 0.166. The number of urea groups is 1. The molecule has 1 atom stereocenters. The number of carbonyl (C=O) groups is 1. The predicted molar refractivity (Wildman–Crippen MR) is 77.2 cm³/mol. The summed E-state index contributed by atoms with van der Waals surface area (Å²) in [5, 5.41) is 12.0. The summed E-state index contributed by atoms with van der Waals surface area (Å²) in [5.74, 6) is 0. The lowest BCUT2D eigenvalue weighted by Crippen LogP contribution is -2.49. The van der Waals surface area contributed by atoms with E-state index in [2.05, 4.69) is 17.1 Å². The van der Waals surface area contributed by atoms with Gasteiger partial charge >= 0.3 is 6.03 Å². The van der Waals surface area contributed by atoms with E-state index in [4.69, 9.17) is 5.11 Å². The number of aliphatic hydroxyl groups excluding tert-OH is 1. The van der Waals surface area contributed by atoms with Gasteiger partial charge in [-0.1, -0.05) is 13.3 Å². The largest absolute Gasteiger partial charge is 0.395 e. The van der Waals surface area contributed by atoms with Crippen molar-refractivity contribution in [3.63, 3.8) is 0 Å². The highest BCUT2D eigenvalue weighted by Crippen LogP contribution is 2.08. The molecule has 2 amide bonds. The Bertz CT molecular complexity index is 249. The van der Waals surface area contributed by atoms with Crippen LogP contribution in [0.3, 0.4) is 0 Å². The second-order valence-corrected chi connectivity index (χ2v) is 5.42. The summed E-state index contributed by atoms with van der Waals surface area (Å²) in [6, 6.07) is 0.101. The first-order chi connectivity index (χ1) is 9.17. The second-order valence-electron chi connectivity index (χ2n) is 5.42. The van der Waals surface area contributed by atoms with Crippen LogP contribution in [0.2, 0.25) is 0 Å². The summed E-state index contributed by atoms with van der Waals surface area (Å²) in [7, 11) is 0. The maximum absolute atomic E-state index is 12.1. The predicted octanol–water partition coefficient (Wildman–Crippen LogP) is 1.27. The Balaban J connectivity index is 2.31. The zero-order valence-corrected chi connectivity index (χ0v) is 12.4. The Labute approximate surface area is 117 Å². The first-order valence-corrected chi connectivity index (χ1v) is 7.56. The highest BCUT2D eigenvalue weighted by molar-refractivity contribution is 5.74. The lowest BCUT2D eigenvalue weighted by Gasteiger charge is -2.30. The van der Waals surface area contributed by atoms with Crippen LogP contribution in [0.25, 0.3) is 0 Å². The van der Waals surface area contributed by atoms with Crippen molar-refractivity contribution in [3.8, 4) is 0 Å². The Morgan fingerprint density at radius 1 is 1.32 bits per heavy atom. The van der Waals surface area contributed by atoms with Gasteiger partial charge in [0.05, 0.1) is 6.61 Å². The molecule has 0 bridgehead atoms. The average Bonchev–Trinajstić information content (AvgIpc) is 2.39. The van der Waals surface area contributed by atoms with E-state index in [0.717, 1.165) is 26.1 Å². The molecule has 1 heterocycles. The number of carbonyl (C=O) groups excluding carboxylic acids is 1. The number of amides is 2. The Hall–Kier alpha value is -0.810. The van der Waals surface area contributed by atoms with Crippen molar-refractivity contribution in [3.05, 3.63) is 0 Å². The zero-order chi connectivity index (χ0) is 14.1. The van der Waals surface area contributed by atoms with Gasteiger partial charge in [-0.2, -0.15) is 0 Å². The summed E-state index contributed by atoms with van der Waals surface area (Å²) < 4.78 is 0. The van der Waals surface area contributed by atoms with Crippen LogP contribution < -0.4 is 5.32 Å². The molecule has 0 aliphatic carbocycles. The number of piperidine rings is 1. The zero-order valence-electron chi connectivity index (χ0n) is 12.4. The van der Waals surface area contributed by atoms with Crippen LogP contribution in [0.15, 0.2) is 0 Å². The van der Waals surface area contributed by atoms with Gasteiger partial charge in [0.2, 0.25) is 0 Å². The van der Waals surface area contributed by atoms with Gasteiger partial charge in [-0.05, 0) is 39.3 Å². The molecule has 0 spiro atoms. The van der Waals surface area contributed by atoms with Gasteiger partial charge < -0.3 is 20.2 Å². The number of hydrogen-bond donors (Lipinski definition) is 2. The SMILES string of the molecule is CCCN(CCO)C(=O)NC(C)CN1CCCCC1. The normalized spacial score (nSPS) is 18.1. The van der Waals surface area contributed by atoms with Crippen LogP contribution in [-0.4, -0.2) is 66.3 Å². The molecule has 1 aliphatic rings. The maximum Gasteiger partial charge on any atom is 0.317 e. The average molecular weight is 271 g/mol. The fourth-order valence-electron chi connectivity index (χ4n) is 2.58. The fraction of sp³-hybridized carbons (Fsp3) is 0.929. The third-order valence-electron chi connectivity index (χ3n) is 3.50. The molecule has 1 unspecified atom stereocenters. The van der Waals surface area contributed by atoms with Gasteiger partial charge in [-0.25, -0.2) is 4.79 Å². The van der Waals surface area contributed by atoms with Crippen LogP contribution in [-0.2, 0) is 0 Å². The monoisotopic (exact) mass is 271 g/mol. The number of likely N-dealkylation sites (tertiary alicyclic amines) is 1. The molecule has 1 aliphatic heterocycles. The molecule has 1 rings (SSSR count). The Morgan fingerprint density at radius 3 is 2.58 bits per heavy atom. The van der Waals surface area contributed by atoms with Crippen LogP contribution in [0.5, 0.6) is 0 Å². The molecule has 0 saturated carbocycles. The van der Waals surface area contributed by atoms with Crippen molar-refractivity contribution in [2.75, 3.05) is 39.3 Å². The van der Waals surface area contributed by atoms with Gasteiger partial charge in [-0.15, -0.1) is 0 Å². The molecule has 5 nitrogen and oxygen atoms in total. The summed E-state index contributed by atoms with van der Waals surface area (Å²) in [4.78, 5) is 16.2. The van der Waals surface area contributed by atoms with E-state index in [0.29, 0.717) is 13.1 Å². The lowest BCUT2D eigenvalue weighted by atomic mass is 10.1. The summed E-state index contributed by atoms with van der Waals surface area (Å²) in [6.07, 6.45) is 4.78. The van der Waals surface area contributed by atoms with Crippen molar-refractivity contribution < 1.29 is 9.90 Å². The van der Waals surface area contributed by atoms with Crippen molar-refractivity contribution in [1.29, 1.82) is 0 Å². The number of nitrogens with one attached hydrogen (secondary N) is 1. The molecule has 0 radical (unpaired) electrons. The minimum Gasteiger partial charge on any atom is -0.395 e. The summed E-state index contributed by atoms with van der Waals surface area (Å²) >= 11 is 0. The summed E-state index contributed by atoms with van der Waals surface area (Å²) in [6.45, 7) is 8.44. The molecule has 1 saturated heterocycles. The molecule has 112 valence electrons. The third-order valence-corrected chi connectivity index (χ3v) is 3.50. The van der Waals surface area contributed by atoms with Gasteiger partial charge in [0.15, 0.2) is 0 Å². The van der Waals surface area contributed by atoms with E-state index in [1.54, 1.807) is 4.90 Å². The Kier molecular flexibility index (Phi) is 7.82. The van der Waals surface area contributed by atoms with Crippen molar-refractivity contribution >= 4 is 6.03 Å². The maximum atomic E-state index is 12.1. The van der Waals surface area contributed by atoms with Crippen molar-refractivity contribution in [1.82, 2.24) is 15.1 Å². The minimum atomic E-state index is -0.0552. The first kappa shape index (κ1) is 16.2. The number of aliphatic hydroxyl groups is 1. The van der Waals surface area contributed by atoms with Gasteiger partial charge in [0.25, 0.3) is 0 Å². The van der Waals surface area contributed by atoms with Crippen LogP contribution >= 0.6 is 0 Å². The summed E-state index contributed by atoms with van der Waals surface area (Å²) in [5.41, 5.74) is 0. The molecule has 0 aromatic rings. The number of nitrogens with zero attached hydrogens (tertiary/aromatic N) is 2. The van der Waals surface area contributed by atoms with Gasteiger partial charge in [0.1, 0.15) is 0 Å². The second kappa shape index (κ2) is 9.15. The first-order valence-electron chi connectivity index (χ1n) is 7.56. The molecule has 1 fully saturated rings. The standard InChI is InChI=1S/C14H29N3O2/c1-3-7-17(10-11-18)14(19)15-13(2)12-16-8-5-4-6-9-16/h13,18H,3-12H2,1-2H3,(H,15,19). The molecular weight excluding hydrogens is 242 g/mol. The van der Waals surface area contributed by atoms with Crippen LogP contribution in [0.4, 0.5) is 4.79 Å². The topological polar surface area (TPSA) is 55.8 Å². The van der Waals surface area contributed by atoms with E-state index in [1.165, 1.54) is 19.3 Å². The smallest absolute Gasteiger partial charge is 0.317 e. The highest BCUT2D eigenvalue weighted by atomic mass is 16.3. The van der Waals surface area contributed by atoms with Crippen molar-refractivity contribution in [2.45, 2.75) is 45.6 Å². The molecule has 5 heteroatoms. The third kappa shape index (κ3) is 6.25. The molecule has 0 aromatic carbocycles. The molecular formula is C14H29N3O2. The number of rotatable bonds is 7. The van der Waals surface area contributed by atoms with Crippen LogP contribution in [0, 0.1) is 0 Å². The molecule has 0 aromatic heterocycles. The van der Waals surface area contributed by atoms with E-state index in [1.807, 2.05) is 6.92 Å². The van der Waals surface area contributed by atoms with E-state index in [-0.39, 0.29) is 18.7 Å².